The lowest BCUT2D eigenvalue weighted by atomic mass is 10.2. The van der Waals surface area contributed by atoms with Crippen LogP contribution in [0.3, 0.4) is 0 Å². The molecule has 0 spiro atoms. The Labute approximate surface area is 282 Å². The van der Waals surface area contributed by atoms with Crippen molar-refractivity contribution in [1.82, 2.24) is 0 Å². The molecule has 0 aromatic heterocycles. The van der Waals surface area contributed by atoms with Gasteiger partial charge in [-0.2, -0.15) is 5.26 Å². The fourth-order valence-corrected chi connectivity index (χ4v) is 2.27. The minimum Gasteiger partial charge on any atom is -0.460 e. The van der Waals surface area contributed by atoms with Crippen molar-refractivity contribution in [1.29, 1.82) is 5.26 Å². The molecule has 0 radical (unpaired) electrons. The monoisotopic (exact) mass is 700 g/mol. The van der Waals surface area contributed by atoms with Crippen LogP contribution in [0.5, 0.6) is 0 Å². The number of methoxy groups -OCH3 is 1. The zero-order valence-electron chi connectivity index (χ0n) is 28.1. The zero-order valence-corrected chi connectivity index (χ0v) is 28.1. The topological polar surface area (TPSA) is 267 Å². The van der Waals surface area contributed by atoms with E-state index in [0.29, 0.717) is 19.8 Å². The molecule has 48 heavy (non-hydrogen) atoms. The highest BCUT2D eigenvalue weighted by molar-refractivity contribution is 5.75. The first-order valence-electron chi connectivity index (χ1n) is 14.7. The van der Waals surface area contributed by atoms with Crippen molar-refractivity contribution in [3.05, 3.63) is 0 Å². The van der Waals surface area contributed by atoms with Gasteiger partial charge >= 0.3 is 23.9 Å². The molecule has 0 fully saturated rings. The number of hydrogen-bond donors (Lipinski definition) is 4. The van der Waals surface area contributed by atoms with Gasteiger partial charge in [0.15, 0.2) is 12.2 Å². The molecule has 0 rings (SSSR count). The van der Waals surface area contributed by atoms with Gasteiger partial charge in [0.05, 0.1) is 19.8 Å². The van der Waals surface area contributed by atoms with Gasteiger partial charge in [-0.15, -0.1) is 0 Å². The summed E-state index contributed by atoms with van der Waals surface area (Å²) in [7, 11) is 1.41. The summed E-state index contributed by atoms with van der Waals surface area (Å²) in [6, 6.07) is 0. The van der Waals surface area contributed by atoms with Gasteiger partial charge in [-0.05, 0) is 53.9 Å². The molecule has 0 heterocycles. The molecular weight excluding hydrogens is 644 g/mol. The third-order valence-electron chi connectivity index (χ3n) is 4.76. The van der Waals surface area contributed by atoms with E-state index in [0.717, 1.165) is 25.7 Å². The first-order chi connectivity index (χ1) is 22.3. The molecule has 4 N–H and O–H groups in total. The van der Waals surface area contributed by atoms with Crippen LogP contribution in [0.1, 0.15) is 67.7 Å². The third kappa shape index (κ3) is 42.3. The SMILES string of the molecule is C.CC(O)C(=O)OCCOC(=O)C(C)O.CCOC(C)C(=O)OCCOC(=O)C(C)OC.N#COCCCCCCN=C=O.OCCO. The van der Waals surface area contributed by atoms with Crippen LogP contribution >= 0.6 is 0 Å². The number of carbonyl (C=O) groups excluding carboxylic acids is 5. The Bertz CT molecular complexity index is 849. The maximum atomic E-state index is 11.3. The molecule has 0 aliphatic heterocycles. The average Bonchev–Trinajstić information content (AvgIpc) is 3.06. The number of nitriles is 1. The van der Waals surface area contributed by atoms with Crippen molar-refractivity contribution in [2.24, 2.45) is 4.99 Å². The highest BCUT2D eigenvalue weighted by Gasteiger charge is 2.16. The lowest BCUT2D eigenvalue weighted by Crippen LogP contribution is -2.27. The van der Waals surface area contributed by atoms with Gasteiger partial charge in [-0.3, -0.25) is 0 Å². The van der Waals surface area contributed by atoms with Gasteiger partial charge in [-0.25, -0.2) is 29.0 Å². The third-order valence-corrected chi connectivity index (χ3v) is 4.76. The minimum absolute atomic E-state index is 0. The number of esters is 4. The first-order valence-corrected chi connectivity index (χ1v) is 14.7. The number of unbranched alkanes of at least 4 members (excludes halogenated alkanes) is 3. The molecule has 0 aliphatic carbocycles. The van der Waals surface area contributed by atoms with Crippen LogP contribution in [0.25, 0.3) is 0 Å². The van der Waals surface area contributed by atoms with Crippen molar-refractivity contribution in [3.8, 4) is 6.26 Å². The van der Waals surface area contributed by atoms with Crippen molar-refractivity contribution < 1.29 is 77.6 Å². The van der Waals surface area contributed by atoms with Crippen molar-refractivity contribution in [3.63, 3.8) is 0 Å². The molecular formula is C30H56N2O16. The molecule has 4 atom stereocenters. The Kier molecular flexibility index (Phi) is 46.3. The predicted octanol–water partition coefficient (Wildman–Crippen LogP) is 0.354. The summed E-state index contributed by atoms with van der Waals surface area (Å²) >= 11 is 0. The number of isocyanates is 1. The second kappa shape index (κ2) is 41.3. The van der Waals surface area contributed by atoms with E-state index in [1.165, 1.54) is 27.0 Å². The lowest BCUT2D eigenvalue weighted by Gasteiger charge is -2.12. The Hall–Kier alpha value is -3.69. The number of aliphatic hydroxyl groups excluding tert-OH is 4. The van der Waals surface area contributed by atoms with Crippen LogP contribution in [0.4, 0.5) is 0 Å². The second-order valence-electron chi connectivity index (χ2n) is 8.77. The molecule has 282 valence electrons. The van der Waals surface area contributed by atoms with Gasteiger partial charge in [0.2, 0.25) is 6.08 Å². The Morgan fingerprint density at radius 3 is 1.48 bits per heavy atom. The number of aliphatic hydroxyl groups is 4. The summed E-state index contributed by atoms with van der Waals surface area (Å²) in [5.41, 5.74) is 0. The van der Waals surface area contributed by atoms with E-state index in [1.54, 1.807) is 27.0 Å². The van der Waals surface area contributed by atoms with E-state index < -0.39 is 48.3 Å². The molecule has 0 saturated heterocycles. The molecule has 18 nitrogen and oxygen atoms in total. The van der Waals surface area contributed by atoms with Crippen LogP contribution in [-0.4, -0.2) is 141 Å². The van der Waals surface area contributed by atoms with Crippen LogP contribution in [0, 0.1) is 11.5 Å². The fraction of sp³-hybridized carbons (Fsp3) is 0.800. The van der Waals surface area contributed by atoms with Crippen molar-refractivity contribution in [2.45, 2.75) is 92.1 Å². The first kappa shape index (κ1) is 53.8. The van der Waals surface area contributed by atoms with E-state index in [2.05, 4.69) is 19.2 Å². The van der Waals surface area contributed by atoms with Crippen molar-refractivity contribution >= 4 is 30.0 Å². The average molecular weight is 701 g/mol. The summed E-state index contributed by atoms with van der Waals surface area (Å²) < 4.78 is 32.9. The highest BCUT2D eigenvalue weighted by Crippen LogP contribution is 2.00. The van der Waals surface area contributed by atoms with Crippen LogP contribution in [0.2, 0.25) is 0 Å². The van der Waals surface area contributed by atoms with E-state index >= 15 is 0 Å². The number of nitrogens with zero attached hydrogens (tertiary/aromatic N) is 2. The van der Waals surface area contributed by atoms with Crippen LogP contribution < -0.4 is 0 Å². The quantitative estimate of drug-likeness (QED) is 0.0314. The summed E-state index contributed by atoms with van der Waals surface area (Å²) in [4.78, 5) is 56.8. The lowest BCUT2D eigenvalue weighted by molar-refractivity contribution is -0.163. The van der Waals surface area contributed by atoms with E-state index in [4.69, 9.17) is 44.6 Å². The summed E-state index contributed by atoms with van der Waals surface area (Å²) in [6.07, 6.45) is 3.31. The van der Waals surface area contributed by atoms with Gasteiger partial charge in [0, 0.05) is 13.7 Å². The molecule has 0 aliphatic rings. The second-order valence-corrected chi connectivity index (χ2v) is 8.77. The molecule has 0 bridgehead atoms. The molecule has 0 amide bonds. The number of ether oxygens (including phenoxy) is 7. The largest absolute Gasteiger partial charge is 0.460 e. The smallest absolute Gasteiger partial charge is 0.335 e. The maximum absolute atomic E-state index is 11.3. The summed E-state index contributed by atoms with van der Waals surface area (Å²) in [5.74, 6) is -2.51. The Balaban J connectivity index is -0.000000182. The summed E-state index contributed by atoms with van der Waals surface area (Å²) in [6.45, 7) is 8.49. The number of aliphatic imine (C=N–C) groups is 1. The molecule has 0 aromatic rings. The Morgan fingerprint density at radius 1 is 0.708 bits per heavy atom. The van der Waals surface area contributed by atoms with Gasteiger partial charge in [-0.1, -0.05) is 13.8 Å². The number of rotatable bonds is 21. The van der Waals surface area contributed by atoms with E-state index in [1.807, 2.05) is 0 Å². The normalized spacial score (nSPS) is 11.8. The van der Waals surface area contributed by atoms with Gasteiger partial charge < -0.3 is 53.6 Å². The van der Waals surface area contributed by atoms with Crippen molar-refractivity contribution in [2.75, 3.05) is 66.5 Å². The molecule has 0 saturated carbocycles. The molecule has 0 aromatic carbocycles. The van der Waals surface area contributed by atoms with Crippen LogP contribution in [0.15, 0.2) is 4.99 Å². The number of carbonyl (C=O) groups is 4. The van der Waals surface area contributed by atoms with Crippen LogP contribution in [-0.2, 0) is 57.1 Å². The predicted molar refractivity (Wildman–Crippen MR) is 169 cm³/mol. The van der Waals surface area contributed by atoms with E-state index in [-0.39, 0.29) is 47.1 Å². The Morgan fingerprint density at radius 2 is 1.12 bits per heavy atom. The van der Waals surface area contributed by atoms with E-state index in [9.17, 15) is 24.0 Å². The standard InChI is InChI=1S/C11H20O6.C8H12N2O2.C8H14O6.C2H6O2.CH4/c1-5-15-9(3)11(13)17-7-6-16-10(12)8(2)14-4;9-7-12-6-4-2-1-3-5-10-8-11;1-5(9)7(11)13-3-4-14-8(12)6(2)10;3-1-2-4;/h8-9H,5-7H2,1-4H3;1-6H2;5-6,9-10H,3-4H2,1-2H3;3-4H,1-2H2;1H4. The van der Waals surface area contributed by atoms with Gasteiger partial charge in [0.1, 0.15) is 45.2 Å². The minimum atomic E-state index is -1.19. The number of hydrogen-bond acceptors (Lipinski definition) is 18. The fourth-order valence-electron chi connectivity index (χ4n) is 2.27. The van der Waals surface area contributed by atoms with Gasteiger partial charge in [0.25, 0.3) is 6.26 Å². The highest BCUT2D eigenvalue weighted by atomic mass is 16.6. The molecule has 4 unspecified atom stereocenters. The maximum Gasteiger partial charge on any atom is 0.335 e. The summed E-state index contributed by atoms with van der Waals surface area (Å²) in [5, 5.41) is 40.6. The molecule has 18 heteroatoms. The zero-order chi connectivity index (χ0) is 36.9.